The smallest absolute Gasteiger partial charge is 0.240 e. The van der Waals surface area contributed by atoms with Gasteiger partial charge in [0, 0.05) is 30.0 Å². The molecule has 0 saturated carbocycles. The average molecular weight is 459 g/mol. The minimum atomic E-state index is -3.69. The van der Waals surface area contributed by atoms with E-state index in [2.05, 4.69) is 14.8 Å². The second-order valence-corrected chi connectivity index (χ2v) is 9.49. The van der Waals surface area contributed by atoms with E-state index in [1.165, 1.54) is 43.3 Å². The molecule has 162 valence electrons. The first kappa shape index (κ1) is 21.3. The van der Waals surface area contributed by atoms with Crippen molar-refractivity contribution in [3.8, 4) is 22.9 Å². The second-order valence-electron chi connectivity index (χ2n) is 6.89. The van der Waals surface area contributed by atoms with Crippen LogP contribution in [-0.4, -0.2) is 43.8 Å². The number of fused-ring (bicyclic) bond motifs is 1. The van der Waals surface area contributed by atoms with Gasteiger partial charge in [-0.1, -0.05) is 29.8 Å². The number of sulfonamides is 1. The first-order valence-electron chi connectivity index (χ1n) is 9.53. The predicted octanol–water partition coefficient (Wildman–Crippen LogP) is 3.30. The Labute approximate surface area is 184 Å². The molecule has 0 fully saturated rings. The van der Waals surface area contributed by atoms with Gasteiger partial charge in [0.1, 0.15) is 0 Å². The average Bonchev–Trinajstić information content (AvgIpc) is 3.35. The van der Waals surface area contributed by atoms with Crippen LogP contribution in [0.25, 0.3) is 16.3 Å². The van der Waals surface area contributed by atoms with Crippen LogP contribution < -0.4 is 14.2 Å². The zero-order valence-corrected chi connectivity index (χ0v) is 19.0. The Kier molecular flexibility index (Phi) is 5.94. The van der Waals surface area contributed by atoms with Crippen LogP contribution in [0.1, 0.15) is 11.3 Å². The summed E-state index contributed by atoms with van der Waals surface area (Å²) >= 11 is 1.48. The maximum absolute atomic E-state index is 12.7. The third-order valence-electron chi connectivity index (χ3n) is 4.80. The molecule has 2 heterocycles. The molecule has 0 spiro atoms. The van der Waals surface area contributed by atoms with Crippen LogP contribution in [0.4, 0.5) is 0 Å². The molecule has 31 heavy (non-hydrogen) atoms. The lowest BCUT2D eigenvalue weighted by atomic mass is 10.1. The lowest BCUT2D eigenvalue weighted by Crippen LogP contribution is -2.26. The Bertz CT molecular complexity index is 1310. The monoisotopic (exact) mass is 458 g/mol. The Morgan fingerprint density at radius 1 is 1.06 bits per heavy atom. The lowest BCUT2D eigenvalue weighted by Gasteiger charge is -2.11. The van der Waals surface area contributed by atoms with Crippen molar-refractivity contribution < 1.29 is 17.9 Å². The third kappa shape index (κ3) is 4.41. The van der Waals surface area contributed by atoms with Crippen molar-refractivity contribution in [2.24, 2.45) is 0 Å². The number of methoxy groups -OCH3 is 2. The van der Waals surface area contributed by atoms with Crippen molar-refractivity contribution in [2.45, 2.75) is 18.2 Å². The van der Waals surface area contributed by atoms with Gasteiger partial charge in [0.25, 0.3) is 0 Å². The first-order chi connectivity index (χ1) is 14.9. The fourth-order valence-corrected chi connectivity index (χ4v) is 5.01. The maximum Gasteiger partial charge on any atom is 0.240 e. The van der Waals surface area contributed by atoms with Gasteiger partial charge in [-0.15, -0.1) is 16.4 Å². The molecule has 8 nitrogen and oxygen atoms in total. The van der Waals surface area contributed by atoms with E-state index in [0.29, 0.717) is 23.7 Å². The van der Waals surface area contributed by atoms with Gasteiger partial charge in [-0.25, -0.2) is 17.7 Å². The fraction of sp³-hybridized carbons (Fsp3) is 0.238. The molecular formula is C21H22N4O4S2. The highest BCUT2D eigenvalue weighted by atomic mass is 32.2. The molecule has 0 radical (unpaired) electrons. The highest BCUT2D eigenvalue weighted by Gasteiger charge is 2.18. The van der Waals surface area contributed by atoms with Gasteiger partial charge in [-0.3, -0.25) is 0 Å². The summed E-state index contributed by atoms with van der Waals surface area (Å²) < 4.78 is 40.1. The maximum atomic E-state index is 12.7. The molecule has 0 bridgehead atoms. The molecule has 2 aromatic heterocycles. The van der Waals surface area contributed by atoms with Gasteiger partial charge < -0.3 is 9.47 Å². The summed E-state index contributed by atoms with van der Waals surface area (Å²) in [7, 11) is -0.729. The number of rotatable bonds is 8. The Balaban J connectivity index is 1.47. The van der Waals surface area contributed by atoms with Gasteiger partial charge >= 0.3 is 0 Å². The number of benzene rings is 2. The lowest BCUT2D eigenvalue weighted by molar-refractivity contribution is 0.354. The minimum Gasteiger partial charge on any atom is -0.493 e. The largest absolute Gasteiger partial charge is 0.493 e. The van der Waals surface area contributed by atoms with Crippen LogP contribution in [0.5, 0.6) is 11.5 Å². The molecule has 0 saturated heterocycles. The minimum absolute atomic E-state index is 0.114. The topological polar surface area (TPSA) is 94.8 Å². The van der Waals surface area contributed by atoms with Crippen molar-refractivity contribution >= 4 is 26.3 Å². The zero-order valence-electron chi connectivity index (χ0n) is 17.3. The molecule has 0 atom stereocenters. The third-order valence-corrected chi connectivity index (χ3v) is 7.12. The highest BCUT2D eigenvalue weighted by molar-refractivity contribution is 7.89. The summed E-state index contributed by atoms with van der Waals surface area (Å²) in [6.45, 7) is 2.26. The Hall–Kier alpha value is -2.95. The standard InChI is InChI=1S/C21H22N4O4S2/c1-14-4-6-15(7-5-14)20-23-21-25(24-20)16(13-30-21)10-11-22-31(26,27)17-8-9-18(28-2)19(12-17)29-3/h4-9,12-13,22H,10-11H2,1-3H3. The van der Waals surface area contributed by atoms with E-state index in [1.807, 2.05) is 36.6 Å². The summed E-state index contributed by atoms with van der Waals surface area (Å²) in [6, 6.07) is 12.5. The quantitative estimate of drug-likeness (QED) is 0.435. The number of nitrogens with one attached hydrogen (secondary N) is 1. The van der Waals surface area contributed by atoms with E-state index in [4.69, 9.17) is 9.47 Å². The highest BCUT2D eigenvalue weighted by Crippen LogP contribution is 2.29. The van der Waals surface area contributed by atoms with Crippen molar-refractivity contribution in [1.29, 1.82) is 0 Å². The number of nitrogens with zero attached hydrogens (tertiary/aromatic N) is 3. The molecule has 0 amide bonds. The van der Waals surface area contributed by atoms with E-state index >= 15 is 0 Å². The number of hydrogen-bond acceptors (Lipinski definition) is 7. The van der Waals surface area contributed by atoms with E-state index < -0.39 is 10.0 Å². The second kappa shape index (κ2) is 8.66. The van der Waals surface area contributed by atoms with Crippen molar-refractivity contribution in [2.75, 3.05) is 20.8 Å². The Morgan fingerprint density at radius 3 is 2.52 bits per heavy atom. The van der Waals surface area contributed by atoms with E-state index in [0.717, 1.165) is 16.2 Å². The van der Waals surface area contributed by atoms with E-state index in [9.17, 15) is 8.42 Å². The summed E-state index contributed by atoms with van der Waals surface area (Å²) in [5.74, 6) is 1.48. The normalized spacial score (nSPS) is 11.7. The van der Waals surface area contributed by atoms with Crippen molar-refractivity contribution in [1.82, 2.24) is 19.3 Å². The summed E-state index contributed by atoms with van der Waals surface area (Å²) in [4.78, 5) is 5.46. The van der Waals surface area contributed by atoms with Crippen LogP contribution in [0.2, 0.25) is 0 Å². The summed E-state index contributed by atoms with van der Waals surface area (Å²) in [5, 5.41) is 6.54. The van der Waals surface area contributed by atoms with Crippen LogP contribution >= 0.6 is 11.3 Å². The molecular weight excluding hydrogens is 436 g/mol. The summed E-state index contributed by atoms with van der Waals surface area (Å²) in [5.41, 5.74) is 3.01. The van der Waals surface area contributed by atoms with Gasteiger partial charge in [0.2, 0.25) is 15.0 Å². The predicted molar refractivity (Wildman–Crippen MR) is 119 cm³/mol. The molecule has 1 N–H and O–H groups in total. The molecule has 0 aliphatic heterocycles. The molecule has 0 unspecified atom stereocenters. The number of thiazole rings is 1. The van der Waals surface area contributed by atoms with Crippen molar-refractivity contribution in [3.63, 3.8) is 0 Å². The number of ether oxygens (including phenoxy) is 2. The summed E-state index contributed by atoms with van der Waals surface area (Å²) in [6.07, 6.45) is 0.475. The van der Waals surface area contributed by atoms with Gasteiger partial charge in [-0.2, -0.15) is 4.98 Å². The van der Waals surface area contributed by atoms with Crippen LogP contribution in [0.15, 0.2) is 52.7 Å². The molecule has 0 aliphatic rings. The Morgan fingerprint density at radius 2 is 1.81 bits per heavy atom. The molecule has 10 heteroatoms. The van der Waals surface area contributed by atoms with Gasteiger partial charge in [0.15, 0.2) is 17.3 Å². The van der Waals surface area contributed by atoms with E-state index in [1.54, 1.807) is 10.6 Å². The molecule has 4 rings (SSSR count). The number of hydrogen-bond donors (Lipinski definition) is 1. The molecule has 0 aliphatic carbocycles. The molecule has 4 aromatic rings. The molecule has 2 aromatic carbocycles. The SMILES string of the molecule is COc1ccc(S(=O)(=O)NCCc2csc3nc(-c4ccc(C)cc4)nn23)cc1OC. The first-order valence-corrected chi connectivity index (χ1v) is 11.9. The van der Waals surface area contributed by atoms with Crippen LogP contribution in [0.3, 0.4) is 0 Å². The fourth-order valence-electron chi connectivity index (χ4n) is 3.10. The van der Waals surface area contributed by atoms with Gasteiger partial charge in [-0.05, 0) is 19.1 Å². The number of aromatic nitrogens is 3. The zero-order chi connectivity index (χ0) is 22.0. The van der Waals surface area contributed by atoms with Crippen molar-refractivity contribution in [3.05, 3.63) is 59.1 Å². The number of aryl methyl sites for hydroxylation is 1. The van der Waals surface area contributed by atoms with Crippen LogP contribution in [0, 0.1) is 6.92 Å². The van der Waals surface area contributed by atoms with Gasteiger partial charge in [0.05, 0.1) is 24.8 Å². The van der Waals surface area contributed by atoms with E-state index in [-0.39, 0.29) is 11.4 Å². The van der Waals surface area contributed by atoms with Crippen LogP contribution in [-0.2, 0) is 16.4 Å².